The molecule has 2 N–H and O–H groups in total. The molecule has 1 aliphatic rings. The van der Waals surface area contributed by atoms with Gasteiger partial charge in [-0.2, -0.15) is 0 Å². The van der Waals surface area contributed by atoms with E-state index in [2.05, 4.69) is 19.0 Å². The average Bonchev–Trinajstić information content (AvgIpc) is 2.43. The molecule has 20 heavy (non-hydrogen) atoms. The maximum Gasteiger partial charge on any atom is 0.253 e. The lowest BCUT2D eigenvalue weighted by Crippen LogP contribution is -2.44. The van der Waals surface area contributed by atoms with Crippen molar-refractivity contribution in [3.63, 3.8) is 0 Å². The lowest BCUT2D eigenvalue weighted by Gasteiger charge is -2.35. The van der Waals surface area contributed by atoms with Gasteiger partial charge in [0.2, 0.25) is 0 Å². The van der Waals surface area contributed by atoms with Crippen LogP contribution in [-0.4, -0.2) is 48.9 Å². The number of benzene rings is 1. The zero-order valence-electron chi connectivity index (χ0n) is 11.7. The number of likely N-dealkylation sites (tertiary alicyclic amines) is 1. The Morgan fingerprint density at radius 3 is 2.20 bits per heavy atom. The van der Waals surface area contributed by atoms with Gasteiger partial charge < -0.3 is 15.5 Å². The van der Waals surface area contributed by atoms with Crippen molar-refractivity contribution in [2.45, 2.75) is 18.9 Å². The largest absolute Gasteiger partial charge is 0.396 e. The second-order valence-electron chi connectivity index (χ2n) is 5.34. The first-order chi connectivity index (χ1) is 9.40. The van der Waals surface area contributed by atoms with E-state index in [9.17, 15) is 4.79 Å². The third-order valence-corrected chi connectivity index (χ3v) is 4.43. The Bertz CT molecular complexity index is 488. The Labute approximate surface area is 129 Å². The number of hydrogen-bond donors (Lipinski definition) is 1. The van der Waals surface area contributed by atoms with Crippen LogP contribution in [-0.2, 0) is 0 Å². The average molecular weight is 316 g/mol. The quantitative estimate of drug-likeness (QED) is 0.854. The fourth-order valence-electron chi connectivity index (χ4n) is 2.48. The number of hydrogen-bond acceptors (Lipinski definition) is 3. The molecule has 0 bridgehead atoms. The van der Waals surface area contributed by atoms with Gasteiger partial charge in [-0.15, -0.1) is 0 Å². The van der Waals surface area contributed by atoms with Gasteiger partial charge in [-0.05, 0) is 39.1 Å². The number of piperidine rings is 1. The number of rotatable bonds is 2. The summed E-state index contributed by atoms with van der Waals surface area (Å²) >= 11 is 12.0. The fraction of sp³-hybridized carbons (Fsp3) is 0.500. The monoisotopic (exact) mass is 315 g/mol. The summed E-state index contributed by atoms with van der Waals surface area (Å²) < 4.78 is 0. The van der Waals surface area contributed by atoms with Gasteiger partial charge in [-0.1, -0.05) is 23.2 Å². The van der Waals surface area contributed by atoms with Gasteiger partial charge in [-0.3, -0.25) is 4.79 Å². The highest BCUT2D eigenvalue weighted by Crippen LogP contribution is 2.29. The maximum absolute atomic E-state index is 12.4. The Kier molecular flexibility index (Phi) is 4.78. The van der Waals surface area contributed by atoms with Crippen LogP contribution >= 0.6 is 23.2 Å². The molecule has 4 nitrogen and oxygen atoms in total. The van der Waals surface area contributed by atoms with Gasteiger partial charge in [0.05, 0.1) is 15.7 Å². The van der Waals surface area contributed by atoms with E-state index in [1.807, 2.05) is 4.90 Å². The highest BCUT2D eigenvalue weighted by Gasteiger charge is 2.25. The van der Waals surface area contributed by atoms with Crippen LogP contribution in [0.1, 0.15) is 23.2 Å². The van der Waals surface area contributed by atoms with E-state index in [4.69, 9.17) is 28.9 Å². The van der Waals surface area contributed by atoms with Crippen LogP contribution in [0.25, 0.3) is 0 Å². The van der Waals surface area contributed by atoms with Crippen molar-refractivity contribution in [3.8, 4) is 0 Å². The summed E-state index contributed by atoms with van der Waals surface area (Å²) in [6.07, 6.45) is 1.96. The Hall–Kier alpha value is -0.970. The zero-order valence-corrected chi connectivity index (χ0v) is 13.2. The standard InChI is InChI=1S/C14H19Cl2N3O/c1-18(2)10-3-5-19(6-4-10)14(20)9-7-11(15)13(17)12(16)8-9/h7-8,10H,3-6,17H2,1-2H3. The fourth-order valence-corrected chi connectivity index (χ4v) is 2.96. The van der Waals surface area contributed by atoms with Crippen molar-refractivity contribution in [2.75, 3.05) is 32.9 Å². The summed E-state index contributed by atoms with van der Waals surface area (Å²) in [6.45, 7) is 1.50. The molecule has 1 aromatic rings. The number of nitrogens with zero attached hydrogens (tertiary/aromatic N) is 2. The molecule has 2 rings (SSSR count). The van der Waals surface area contributed by atoms with Gasteiger partial charge in [0.1, 0.15) is 0 Å². The number of carbonyl (C=O) groups excluding carboxylic acids is 1. The highest BCUT2D eigenvalue weighted by molar-refractivity contribution is 6.39. The van der Waals surface area contributed by atoms with Crippen LogP contribution in [0.5, 0.6) is 0 Å². The summed E-state index contributed by atoms with van der Waals surface area (Å²) in [7, 11) is 4.14. The third kappa shape index (κ3) is 3.19. The van der Waals surface area contributed by atoms with Gasteiger partial charge >= 0.3 is 0 Å². The van der Waals surface area contributed by atoms with E-state index in [1.54, 1.807) is 12.1 Å². The molecule has 0 aromatic heterocycles. The molecule has 0 spiro atoms. The van der Waals surface area contributed by atoms with Crippen molar-refractivity contribution in [1.29, 1.82) is 0 Å². The van der Waals surface area contributed by atoms with E-state index >= 15 is 0 Å². The summed E-state index contributed by atoms with van der Waals surface area (Å²) in [5.74, 6) is -0.0361. The maximum atomic E-state index is 12.4. The van der Waals surface area contributed by atoms with Crippen molar-refractivity contribution < 1.29 is 4.79 Å². The van der Waals surface area contributed by atoms with Crippen LogP contribution in [0.3, 0.4) is 0 Å². The second-order valence-corrected chi connectivity index (χ2v) is 6.15. The molecule has 0 unspecified atom stereocenters. The highest BCUT2D eigenvalue weighted by atomic mass is 35.5. The molecule has 1 saturated heterocycles. The smallest absolute Gasteiger partial charge is 0.253 e. The Balaban J connectivity index is 2.09. The molecule has 1 fully saturated rings. The third-order valence-electron chi connectivity index (χ3n) is 3.81. The zero-order chi connectivity index (χ0) is 14.9. The minimum Gasteiger partial charge on any atom is -0.396 e. The van der Waals surface area contributed by atoms with E-state index in [0.29, 0.717) is 27.3 Å². The molecule has 110 valence electrons. The molecule has 1 heterocycles. The summed E-state index contributed by atoms with van der Waals surface area (Å²) in [5, 5.41) is 0.646. The molecule has 1 aliphatic heterocycles. The van der Waals surface area contributed by atoms with Crippen LogP contribution in [0, 0.1) is 0 Å². The molecule has 1 aromatic carbocycles. The minimum atomic E-state index is -0.0361. The number of anilines is 1. The number of carbonyl (C=O) groups is 1. The first-order valence-electron chi connectivity index (χ1n) is 6.60. The number of nitrogen functional groups attached to an aromatic ring is 1. The van der Waals surface area contributed by atoms with Crippen LogP contribution in [0.2, 0.25) is 10.0 Å². The van der Waals surface area contributed by atoms with Gasteiger partial charge in [0.15, 0.2) is 0 Å². The molecule has 0 radical (unpaired) electrons. The van der Waals surface area contributed by atoms with Crippen LogP contribution < -0.4 is 5.73 Å². The lowest BCUT2D eigenvalue weighted by atomic mass is 10.0. The van der Waals surface area contributed by atoms with Crippen molar-refractivity contribution in [2.24, 2.45) is 0 Å². The van der Waals surface area contributed by atoms with Crippen molar-refractivity contribution in [3.05, 3.63) is 27.7 Å². The van der Waals surface area contributed by atoms with Gasteiger partial charge in [0.25, 0.3) is 5.91 Å². The molecular weight excluding hydrogens is 297 g/mol. The predicted molar refractivity (Wildman–Crippen MR) is 83.5 cm³/mol. The first kappa shape index (κ1) is 15.4. The van der Waals surface area contributed by atoms with Gasteiger partial charge in [-0.25, -0.2) is 0 Å². The summed E-state index contributed by atoms with van der Waals surface area (Å²) in [5.41, 5.74) is 6.50. The van der Waals surface area contributed by atoms with E-state index in [-0.39, 0.29) is 5.91 Å². The molecule has 0 saturated carbocycles. The number of nitrogens with two attached hydrogens (primary N) is 1. The first-order valence-corrected chi connectivity index (χ1v) is 7.36. The second kappa shape index (κ2) is 6.20. The number of amides is 1. The van der Waals surface area contributed by atoms with Crippen LogP contribution in [0.4, 0.5) is 5.69 Å². The van der Waals surface area contributed by atoms with E-state index in [1.165, 1.54) is 0 Å². The summed E-state index contributed by atoms with van der Waals surface area (Å²) in [6, 6.07) is 3.71. The predicted octanol–water partition coefficient (Wildman–Crippen LogP) is 2.74. The van der Waals surface area contributed by atoms with Crippen molar-refractivity contribution in [1.82, 2.24) is 9.80 Å². The van der Waals surface area contributed by atoms with Gasteiger partial charge in [0, 0.05) is 24.7 Å². The molecule has 0 aliphatic carbocycles. The van der Waals surface area contributed by atoms with Crippen LogP contribution in [0.15, 0.2) is 12.1 Å². The van der Waals surface area contributed by atoms with Crippen molar-refractivity contribution >= 4 is 34.8 Å². The summed E-state index contributed by atoms with van der Waals surface area (Å²) in [4.78, 5) is 16.5. The molecule has 1 amide bonds. The molecule has 6 heteroatoms. The molecule has 0 atom stereocenters. The minimum absolute atomic E-state index is 0.0361. The Morgan fingerprint density at radius 2 is 1.75 bits per heavy atom. The topological polar surface area (TPSA) is 49.6 Å². The normalized spacial score (nSPS) is 16.8. The lowest BCUT2D eigenvalue weighted by molar-refractivity contribution is 0.0663. The van der Waals surface area contributed by atoms with E-state index < -0.39 is 0 Å². The SMILES string of the molecule is CN(C)C1CCN(C(=O)c2cc(Cl)c(N)c(Cl)c2)CC1. The van der Waals surface area contributed by atoms with E-state index in [0.717, 1.165) is 25.9 Å². The molecular formula is C14H19Cl2N3O. The Morgan fingerprint density at radius 1 is 1.25 bits per heavy atom. The number of halogens is 2.